The molecule has 0 amide bonds. The van der Waals surface area contributed by atoms with Gasteiger partial charge in [0.1, 0.15) is 13.2 Å². The molecule has 0 aliphatic carbocycles. The van der Waals surface area contributed by atoms with E-state index in [9.17, 15) is 14.4 Å². The topological polar surface area (TPSA) is 78.9 Å². The molecule has 394 valence electrons. The lowest BCUT2D eigenvalue weighted by Crippen LogP contribution is -2.30. The van der Waals surface area contributed by atoms with E-state index in [1.165, 1.54) is 212 Å². The van der Waals surface area contributed by atoms with E-state index in [1.807, 2.05) is 0 Å². The van der Waals surface area contributed by atoms with Crippen LogP contribution in [-0.2, 0) is 28.6 Å². The van der Waals surface area contributed by atoms with Crippen LogP contribution >= 0.6 is 0 Å². The van der Waals surface area contributed by atoms with Crippen molar-refractivity contribution in [1.29, 1.82) is 0 Å². The Morgan fingerprint density at radius 1 is 0.299 bits per heavy atom. The molecular formula is C61H114O6. The minimum Gasteiger partial charge on any atom is -0.462 e. The zero-order chi connectivity index (χ0) is 48.6. The Balaban J connectivity index is 3.98. The summed E-state index contributed by atoms with van der Waals surface area (Å²) in [7, 11) is 0. The molecule has 0 saturated carbocycles. The molecule has 0 spiro atoms. The predicted molar refractivity (Wildman–Crippen MR) is 289 cm³/mol. The Hall–Kier alpha value is -2.11. The summed E-state index contributed by atoms with van der Waals surface area (Å²) >= 11 is 0. The van der Waals surface area contributed by atoms with Crippen molar-refractivity contribution >= 4 is 17.9 Å². The van der Waals surface area contributed by atoms with Gasteiger partial charge in [-0.1, -0.05) is 283 Å². The first-order valence-electron chi connectivity index (χ1n) is 29.8. The van der Waals surface area contributed by atoms with E-state index in [-0.39, 0.29) is 31.1 Å². The number of esters is 3. The molecule has 0 aromatic rings. The molecule has 0 N–H and O–H groups in total. The van der Waals surface area contributed by atoms with Crippen molar-refractivity contribution in [3.05, 3.63) is 24.3 Å². The van der Waals surface area contributed by atoms with Crippen LogP contribution in [0.4, 0.5) is 0 Å². The number of hydrogen-bond acceptors (Lipinski definition) is 6. The lowest BCUT2D eigenvalue weighted by Gasteiger charge is -2.18. The third-order valence-electron chi connectivity index (χ3n) is 13.5. The number of unbranched alkanes of at least 4 members (excludes halogenated alkanes) is 40. The van der Waals surface area contributed by atoms with Crippen LogP contribution in [0.2, 0.25) is 0 Å². The molecule has 0 heterocycles. The molecule has 0 fully saturated rings. The molecule has 0 aromatic heterocycles. The Labute approximate surface area is 417 Å². The van der Waals surface area contributed by atoms with Crippen LogP contribution in [-0.4, -0.2) is 37.2 Å². The van der Waals surface area contributed by atoms with Crippen molar-refractivity contribution in [3.63, 3.8) is 0 Å². The fourth-order valence-electron chi connectivity index (χ4n) is 8.95. The average Bonchev–Trinajstić information content (AvgIpc) is 3.33. The molecule has 0 aliphatic rings. The molecule has 0 bridgehead atoms. The zero-order valence-corrected chi connectivity index (χ0v) is 45.2. The lowest BCUT2D eigenvalue weighted by molar-refractivity contribution is -0.167. The van der Waals surface area contributed by atoms with Crippen molar-refractivity contribution in [2.75, 3.05) is 13.2 Å². The summed E-state index contributed by atoms with van der Waals surface area (Å²) in [4.78, 5) is 37.8. The number of carbonyl (C=O) groups is 3. The number of rotatable bonds is 55. The maximum Gasteiger partial charge on any atom is 0.306 e. The first-order valence-corrected chi connectivity index (χ1v) is 29.8. The number of carbonyl (C=O) groups excluding carboxylic acids is 3. The maximum atomic E-state index is 12.8. The lowest BCUT2D eigenvalue weighted by atomic mass is 10.0. The second-order valence-electron chi connectivity index (χ2n) is 20.3. The standard InChI is InChI=1S/C61H114O6/c1-4-7-10-13-15-17-19-21-23-25-26-27-28-29-30-31-32-33-34-36-37-39-41-43-45-48-51-54-60(63)66-57-58(56-65-59(62)53-50-47-12-9-6-3)67-61(64)55-52-49-46-44-42-40-38-35-24-22-20-18-16-14-11-8-5-2/h16,18,22,24,58H,4-15,17,19-21,23,25-57H2,1-3H3/b18-16-,24-22-. The normalized spacial score (nSPS) is 12.1. The van der Waals surface area contributed by atoms with Crippen LogP contribution in [0.1, 0.15) is 329 Å². The largest absolute Gasteiger partial charge is 0.462 e. The van der Waals surface area contributed by atoms with E-state index in [4.69, 9.17) is 14.2 Å². The van der Waals surface area contributed by atoms with Gasteiger partial charge in [0.15, 0.2) is 6.10 Å². The second-order valence-corrected chi connectivity index (χ2v) is 20.3. The van der Waals surface area contributed by atoms with Gasteiger partial charge in [0.2, 0.25) is 0 Å². The summed E-state index contributed by atoms with van der Waals surface area (Å²) in [6.45, 7) is 6.57. The smallest absolute Gasteiger partial charge is 0.306 e. The van der Waals surface area contributed by atoms with Gasteiger partial charge >= 0.3 is 17.9 Å². The first kappa shape index (κ1) is 64.9. The van der Waals surface area contributed by atoms with E-state index in [0.29, 0.717) is 19.3 Å². The Kier molecular flexibility index (Phi) is 54.7. The van der Waals surface area contributed by atoms with E-state index in [2.05, 4.69) is 45.1 Å². The molecule has 67 heavy (non-hydrogen) atoms. The van der Waals surface area contributed by atoms with Crippen LogP contribution in [0.5, 0.6) is 0 Å². The molecule has 0 aromatic carbocycles. The number of ether oxygens (including phenoxy) is 3. The van der Waals surface area contributed by atoms with E-state index in [1.54, 1.807) is 0 Å². The number of hydrogen-bond donors (Lipinski definition) is 0. The fraction of sp³-hybridized carbons (Fsp3) is 0.885. The van der Waals surface area contributed by atoms with E-state index in [0.717, 1.165) is 77.0 Å². The molecule has 6 nitrogen and oxygen atoms in total. The minimum absolute atomic E-state index is 0.0706. The van der Waals surface area contributed by atoms with Crippen LogP contribution in [0.25, 0.3) is 0 Å². The summed E-state index contributed by atoms with van der Waals surface area (Å²) in [6, 6.07) is 0. The molecule has 0 aliphatic heterocycles. The van der Waals surface area contributed by atoms with Crippen LogP contribution in [0.15, 0.2) is 24.3 Å². The van der Waals surface area contributed by atoms with Crippen molar-refractivity contribution in [2.24, 2.45) is 0 Å². The van der Waals surface area contributed by atoms with Crippen molar-refractivity contribution in [2.45, 2.75) is 335 Å². The SMILES string of the molecule is CCCCC/C=C\C/C=C\CCCCCCCCCC(=O)OC(COC(=O)CCCCCCC)COC(=O)CCCCCCCCCCCCCCCCCCCCCCCCCCCCC. The highest BCUT2D eigenvalue weighted by Crippen LogP contribution is 2.18. The third kappa shape index (κ3) is 54.7. The molecule has 1 atom stereocenters. The van der Waals surface area contributed by atoms with Gasteiger partial charge in [-0.25, -0.2) is 0 Å². The van der Waals surface area contributed by atoms with Crippen molar-refractivity contribution < 1.29 is 28.6 Å². The summed E-state index contributed by atoms with van der Waals surface area (Å²) in [5.74, 6) is -0.875. The van der Waals surface area contributed by atoms with E-state index < -0.39 is 6.10 Å². The van der Waals surface area contributed by atoms with Crippen molar-refractivity contribution in [3.8, 4) is 0 Å². The quantitative estimate of drug-likeness (QED) is 0.0262. The molecule has 0 saturated heterocycles. The summed E-state index contributed by atoms with van der Waals surface area (Å²) in [5, 5.41) is 0. The molecular weight excluding hydrogens is 829 g/mol. The average molecular weight is 944 g/mol. The molecule has 0 rings (SSSR count). The van der Waals surface area contributed by atoms with Crippen molar-refractivity contribution in [1.82, 2.24) is 0 Å². The number of allylic oxidation sites excluding steroid dienone is 4. The van der Waals surface area contributed by atoms with E-state index >= 15 is 0 Å². The van der Waals surface area contributed by atoms with Gasteiger partial charge in [-0.15, -0.1) is 0 Å². The highest BCUT2D eigenvalue weighted by Gasteiger charge is 2.19. The Morgan fingerprint density at radius 3 is 0.851 bits per heavy atom. The molecule has 6 heteroatoms. The molecule has 0 radical (unpaired) electrons. The van der Waals surface area contributed by atoms with Gasteiger partial charge < -0.3 is 14.2 Å². The Morgan fingerprint density at radius 2 is 0.537 bits per heavy atom. The van der Waals surface area contributed by atoms with Crippen LogP contribution in [0, 0.1) is 0 Å². The summed E-state index contributed by atoms with van der Waals surface area (Å²) in [6.07, 6.45) is 66.6. The highest BCUT2D eigenvalue weighted by atomic mass is 16.6. The second kappa shape index (κ2) is 56.5. The summed E-state index contributed by atoms with van der Waals surface area (Å²) < 4.78 is 16.7. The van der Waals surface area contributed by atoms with Crippen LogP contribution in [0.3, 0.4) is 0 Å². The highest BCUT2D eigenvalue weighted by molar-refractivity contribution is 5.71. The van der Waals surface area contributed by atoms with Crippen LogP contribution < -0.4 is 0 Å². The van der Waals surface area contributed by atoms with Gasteiger partial charge in [0, 0.05) is 19.3 Å². The van der Waals surface area contributed by atoms with Gasteiger partial charge in [-0.2, -0.15) is 0 Å². The fourth-order valence-corrected chi connectivity index (χ4v) is 8.95. The first-order chi connectivity index (χ1) is 33.0. The third-order valence-corrected chi connectivity index (χ3v) is 13.5. The zero-order valence-electron chi connectivity index (χ0n) is 45.2. The maximum absolute atomic E-state index is 12.8. The van der Waals surface area contributed by atoms with Gasteiger partial charge in [-0.05, 0) is 51.4 Å². The molecule has 1 unspecified atom stereocenters. The summed E-state index contributed by atoms with van der Waals surface area (Å²) in [5.41, 5.74) is 0. The van der Waals surface area contributed by atoms with Gasteiger partial charge in [0.05, 0.1) is 0 Å². The minimum atomic E-state index is -0.768. The monoisotopic (exact) mass is 943 g/mol. The predicted octanol–water partition coefficient (Wildman–Crippen LogP) is 19.9. The van der Waals surface area contributed by atoms with Gasteiger partial charge in [0.25, 0.3) is 0 Å². The Bertz CT molecular complexity index is 1080. The van der Waals surface area contributed by atoms with Gasteiger partial charge in [-0.3, -0.25) is 14.4 Å².